The number of para-hydroxylation sites is 1. The number of nitrogens with one attached hydrogen (secondary N) is 1. The summed E-state index contributed by atoms with van der Waals surface area (Å²) in [5.74, 6) is -0.569. The molecule has 0 aliphatic rings. The van der Waals surface area contributed by atoms with Crippen molar-refractivity contribution in [3.05, 3.63) is 61.6 Å². The minimum absolute atomic E-state index is 0.0168. The van der Waals surface area contributed by atoms with Gasteiger partial charge in [-0.25, -0.2) is 0 Å². The van der Waals surface area contributed by atoms with Crippen LogP contribution in [0, 0.1) is 10.1 Å². The molecule has 2 aromatic rings. The number of halogens is 2. The largest absolute Gasteiger partial charge is 0.393 e. The Labute approximate surface area is 133 Å². The molecule has 0 bridgehead atoms. The van der Waals surface area contributed by atoms with Crippen LogP contribution >= 0.6 is 27.5 Å². The maximum absolute atomic E-state index is 12.2. The van der Waals surface area contributed by atoms with Crippen molar-refractivity contribution in [1.29, 1.82) is 0 Å². The number of amides is 1. The molecule has 2 aromatic carbocycles. The number of nitro groups is 1. The standard InChI is InChI=1S/C13H9BrClN3O3/c14-7-4-5-10(9(15)6-7)17-13(19)8-2-1-3-11(12(8)16)18(20)21/h1-6H,16H2,(H,17,19). The Morgan fingerprint density at radius 2 is 2.05 bits per heavy atom. The molecule has 0 radical (unpaired) electrons. The number of nitrogens with two attached hydrogens (primary N) is 1. The third kappa shape index (κ3) is 3.32. The van der Waals surface area contributed by atoms with Crippen molar-refractivity contribution in [2.75, 3.05) is 11.1 Å². The Bertz CT molecular complexity index is 737. The van der Waals surface area contributed by atoms with Crippen molar-refractivity contribution in [2.45, 2.75) is 0 Å². The van der Waals surface area contributed by atoms with Gasteiger partial charge in [0.25, 0.3) is 11.6 Å². The van der Waals surface area contributed by atoms with E-state index in [9.17, 15) is 14.9 Å². The van der Waals surface area contributed by atoms with E-state index in [1.54, 1.807) is 18.2 Å². The first-order valence-corrected chi connectivity index (χ1v) is 6.86. The quantitative estimate of drug-likeness (QED) is 0.487. The molecule has 0 fully saturated rings. The highest BCUT2D eigenvalue weighted by Crippen LogP contribution is 2.28. The van der Waals surface area contributed by atoms with Crippen LogP contribution in [0.5, 0.6) is 0 Å². The zero-order valence-corrected chi connectivity index (χ0v) is 12.8. The second kappa shape index (κ2) is 6.11. The zero-order valence-electron chi connectivity index (χ0n) is 10.5. The van der Waals surface area contributed by atoms with Gasteiger partial charge in [0.2, 0.25) is 0 Å². The van der Waals surface area contributed by atoms with Crippen LogP contribution in [0.25, 0.3) is 0 Å². The minimum Gasteiger partial charge on any atom is -0.393 e. The van der Waals surface area contributed by atoms with Gasteiger partial charge >= 0.3 is 0 Å². The number of carbonyl (C=O) groups excluding carboxylic acids is 1. The molecule has 0 spiro atoms. The smallest absolute Gasteiger partial charge is 0.292 e. The van der Waals surface area contributed by atoms with E-state index in [4.69, 9.17) is 17.3 Å². The number of rotatable bonds is 3. The minimum atomic E-state index is -0.640. The molecular weight excluding hydrogens is 362 g/mol. The van der Waals surface area contributed by atoms with Crippen LogP contribution in [0.15, 0.2) is 40.9 Å². The average Bonchev–Trinajstić information content (AvgIpc) is 2.41. The normalized spacial score (nSPS) is 10.2. The SMILES string of the molecule is Nc1c(C(=O)Nc2ccc(Br)cc2Cl)cccc1[N+](=O)[O-]. The van der Waals surface area contributed by atoms with E-state index in [1.165, 1.54) is 18.2 Å². The van der Waals surface area contributed by atoms with Gasteiger partial charge in [0.05, 0.1) is 21.2 Å². The molecule has 0 heterocycles. The Hall–Kier alpha value is -2.12. The van der Waals surface area contributed by atoms with E-state index < -0.39 is 10.8 Å². The van der Waals surface area contributed by atoms with Crippen molar-refractivity contribution >= 4 is 50.5 Å². The Kier molecular flexibility index (Phi) is 4.44. The fraction of sp³-hybridized carbons (Fsp3) is 0. The third-order valence-electron chi connectivity index (χ3n) is 2.70. The van der Waals surface area contributed by atoms with Gasteiger partial charge in [-0.05, 0) is 24.3 Å². The second-order valence-corrected chi connectivity index (χ2v) is 5.40. The lowest BCUT2D eigenvalue weighted by molar-refractivity contribution is -0.383. The van der Waals surface area contributed by atoms with Crippen LogP contribution in [0.1, 0.15) is 10.4 Å². The van der Waals surface area contributed by atoms with E-state index >= 15 is 0 Å². The number of hydrogen-bond acceptors (Lipinski definition) is 4. The lowest BCUT2D eigenvalue weighted by Gasteiger charge is -2.09. The highest BCUT2D eigenvalue weighted by Gasteiger charge is 2.19. The van der Waals surface area contributed by atoms with Gasteiger partial charge in [0.15, 0.2) is 0 Å². The van der Waals surface area contributed by atoms with Crippen molar-refractivity contribution in [3.63, 3.8) is 0 Å². The zero-order chi connectivity index (χ0) is 15.6. The van der Waals surface area contributed by atoms with Crippen LogP contribution < -0.4 is 11.1 Å². The van der Waals surface area contributed by atoms with Gasteiger partial charge in [-0.3, -0.25) is 14.9 Å². The number of nitro benzene ring substituents is 1. The molecule has 0 atom stereocenters. The monoisotopic (exact) mass is 369 g/mol. The molecule has 0 aromatic heterocycles. The second-order valence-electron chi connectivity index (χ2n) is 4.07. The van der Waals surface area contributed by atoms with Gasteiger partial charge in [0, 0.05) is 10.5 Å². The van der Waals surface area contributed by atoms with Crippen LogP contribution in [0.2, 0.25) is 5.02 Å². The highest BCUT2D eigenvalue weighted by atomic mass is 79.9. The summed E-state index contributed by atoms with van der Waals surface area (Å²) in [4.78, 5) is 22.3. The van der Waals surface area contributed by atoms with Gasteiger partial charge in [-0.1, -0.05) is 33.6 Å². The third-order valence-corrected chi connectivity index (χ3v) is 3.51. The molecule has 0 aliphatic carbocycles. The maximum Gasteiger partial charge on any atom is 0.292 e. The fourth-order valence-corrected chi connectivity index (χ4v) is 2.41. The first kappa shape index (κ1) is 15.3. The Morgan fingerprint density at radius 1 is 1.33 bits per heavy atom. The van der Waals surface area contributed by atoms with Crippen LogP contribution in [-0.2, 0) is 0 Å². The Balaban J connectivity index is 2.33. The summed E-state index contributed by atoms with van der Waals surface area (Å²) < 4.78 is 0.764. The number of hydrogen-bond donors (Lipinski definition) is 2. The first-order chi connectivity index (χ1) is 9.90. The van der Waals surface area contributed by atoms with Crippen molar-refractivity contribution in [2.24, 2.45) is 0 Å². The van der Waals surface area contributed by atoms with E-state index in [1.807, 2.05) is 0 Å². The summed E-state index contributed by atoms with van der Waals surface area (Å²) in [7, 11) is 0. The van der Waals surface area contributed by atoms with Crippen LogP contribution in [0.3, 0.4) is 0 Å². The summed E-state index contributed by atoms with van der Waals surface area (Å²) in [6.45, 7) is 0. The molecular formula is C13H9BrClN3O3. The maximum atomic E-state index is 12.2. The molecule has 8 heteroatoms. The molecule has 0 saturated carbocycles. The predicted octanol–water partition coefficient (Wildman–Crippen LogP) is 3.85. The van der Waals surface area contributed by atoms with E-state index in [2.05, 4.69) is 21.2 Å². The van der Waals surface area contributed by atoms with E-state index in [-0.39, 0.29) is 16.9 Å². The topological polar surface area (TPSA) is 98.3 Å². The Morgan fingerprint density at radius 3 is 2.67 bits per heavy atom. The number of benzene rings is 2. The van der Waals surface area contributed by atoms with Crippen LogP contribution in [-0.4, -0.2) is 10.8 Å². The number of carbonyl (C=O) groups is 1. The number of anilines is 2. The predicted molar refractivity (Wildman–Crippen MR) is 84.6 cm³/mol. The van der Waals surface area contributed by atoms with Gasteiger partial charge < -0.3 is 11.1 Å². The lowest BCUT2D eigenvalue weighted by atomic mass is 10.1. The highest BCUT2D eigenvalue weighted by molar-refractivity contribution is 9.10. The van der Waals surface area contributed by atoms with Crippen LogP contribution in [0.4, 0.5) is 17.1 Å². The molecule has 6 nitrogen and oxygen atoms in total. The molecule has 0 aliphatic heterocycles. The number of nitrogens with zero attached hydrogens (tertiary/aromatic N) is 1. The van der Waals surface area contributed by atoms with E-state index in [0.29, 0.717) is 10.7 Å². The van der Waals surface area contributed by atoms with Gasteiger partial charge in [-0.15, -0.1) is 0 Å². The molecule has 2 rings (SSSR count). The lowest BCUT2D eigenvalue weighted by Crippen LogP contribution is -2.15. The van der Waals surface area contributed by atoms with Crippen molar-refractivity contribution < 1.29 is 9.72 Å². The summed E-state index contributed by atoms with van der Waals surface area (Å²) in [5.41, 5.74) is 5.56. The van der Waals surface area contributed by atoms with Gasteiger partial charge in [-0.2, -0.15) is 0 Å². The summed E-state index contributed by atoms with van der Waals surface area (Å²) >= 11 is 9.25. The molecule has 3 N–H and O–H groups in total. The summed E-state index contributed by atoms with van der Waals surface area (Å²) in [5, 5.41) is 13.7. The van der Waals surface area contributed by atoms with E-state index in [0.717, 1.165) is 4.47 Å². The molecule has 108 valence electrons. The fourth-order valence-electron chi connectivity index (χ4n) is 1.69. The van der Waals surface area contributed by atoms with Gasteiger partial charge in [0.1, 0.15) is 5.69 Å². The molecule has 0 saturated heterocycles. The first-order valence-electron chi connectivity index (χ1n) is 5.69. The molecule has 21 heavy (non-hydrogen) atoms. The summed E-state index contributed by atoms with van der Waals surface area (Å²) in [6, 6.07) is 8.97. The number of nitrogen functional groups attached to an aromatic ring is 1. The van der Waals surface area contributed by atoms with Crippen molar-refractivity contribution in [3.8, 4) is 0 Å². The van der Waals surface area contributed by atoms with Crippen molar-refractivity contribution in [1.82, 2.24) is 0 Å². The molecule has 1 amide bonds. The molecule has 0 unspecified atom stereocenters. The average molecular weight is 371 g/mol. The summed E-state index contributed by atoms with van der Waals surface area (Å²) in [6.07, 6.45) is 0.